The highest BCUT2D eigenvalue weighted by Gasteiger charge is 2.19. The van der Waals surface area contributed by atoms with Crippen LogP contribution in [-0.2, 0) is 6.54 Å². The third-order valence-electron chi connectivity index (χ3n) is 3.53. The van der Waals surface area contributed by atoms with Gasteiger partial charge in [0.25, 0.3) is 5.91 Å². The summed E-state index contributed by atoms with van der Waals surface area (Å²) in [5.41, 5.74) is 0.902. The van der Waals surface area contributed by atoms with Crippen molar-refractivity contribution in [2.75, 3.05) is 23.9 Å². The Bertz CT molecular complexity index is 830. The smallest absolute Gasteiger partial charge is 0.261 e. The minimum atomic E-state index is -0.0541. The summed E-state index contributed by atoms with van der Waals surface area (Å²) in [5.74, 6) is 2.38. The van der Waals surface area contributed by atoms with Crippen molar-refractivity contribution in [1.82, 2.24) is 15.3 Å². The van der Waals surface area contributed by atoms with Gasteiger partial charge in [-0.2, -0.15) is 11.8 Å². The predicted octanol–water partition coefficient (Wildman–Crippen LogP) is 3.30. The molecule has 6 nitrogen and oxygen atoms in total. The summed E-state index contributed by atoms with van der Waals surface area (Å²) in [6.07, 6.45) is 5.17. The van der Waals surface area contributed by atoms with Crippen LogP contribution in [0, 0.1) is 6.92 Å². The van der Waals surface area contributed by atoms with E-state index >= 15 is 0 Å². The van der Waals surface area contributed by atoms with Gasteiger partial charge in [0.2, 0.25) is 0 Å². The van der Waals surface area contributed by atoms with Gasteiger partial charge in [-0.1, -0.05) is 0 Å². The second-order valence-electron chi connectivity index (χ2n) is 5.14. The lowest BCUT2D eigenvalue weighted by Gasteiger charge is -2.06. The summed E-state index contributed by atoms with van der Waals surface area (Å²) >= 11 is 3.10. The summed E-state index contributed by atoms with van der Waals surface area (Å²) in [4.78, 5) is 22.5. The van der Waals surface area contributed by atoms with Gasteiger partial charge in [-0.25, -0.2) is 9.97 Å². The molecular weight excluding hydrogens is 344 g/mol. The van der Waals surface area contributed by atoms with Gasteiger partial charge in [-0.3, -0.25) is 4.79 Å². The van der Waals surface area contributed by atoms with Gasteiger partial charge in [0.05, 0.1) is 23.1 Å². The van der Waals surface area contributed by atoms with Crippen molar-refractivity contribution in [3.63, 3.8) is 0 Å². The Hall–Kier alpha value is -2.06. The topological polar surface area (TPSA) is 80.0 Å². The summed E-state index contributed by atoms with van der Waals surface area (Å²) in [6.45, 7) is 3.12. The number of fused-ring (bicyclic) bond motifs is 1. The third kappa shape index (κ3) is 3.54. The predicted molar refractivity (Wildman–Crippen MR) is 98.9 cm³/mol. The number of anilines is 1. The second-order valence-corrected chi connectivity index (χ2v) is 7.12. The number of carbonyl (C=O) groups excluding carboxylic acids is 1. The molecule has 126 valence electrons. The maximum absolute atomic E-state index is 12.4. The lowest BCUT2D eigenvalue weighted by atomic mass is 10.2. The highest BCUT2D eigenvalue weighted by atomic mass is 32.2. The molecule has 0 aliphatic rings. The van der Waals surface area contributed by atoms with Crippen LogP contribution in [0.25, 0.3) is 10.2 Å². The molecule has 3 aromatic heterocycles. The lowest BCUT2D eigenvalue weighted by molar-refractivity contribution is 0.0960. The standard InChI is InChI=1S/C16H18N4O2S2/c1-10-12-14(18-8-11-4-3-6-22-11)19-9-20-16(12)24-13(10)15(21)17-5-7-23-2/h3-4,6,9H,5,7-8H2,1-2H3,(H,17,21)(H,18,19,20). The second kappa shape index (κ2) is 7.67. The SMILES string of the molecule is CSCCNC(=O)c1sc2ncnc(NCc3ccco3)c2c1C. The maximum atomic E-state index is 12.4. The molecule has 3 heterocycles. The number of furan rings is 1. The van der Waals surface area contributed by atoms with Crippen molar-refractivity contribution in [2.24, 2.45) is 0 Å². The van der Waals surface area contributed by atoms with Crippen LogP contribution in [0.5, 0.6) is 0 Å². The molecule has 2 N–H and O–H groups in total. The molecule has 0 aromatic carbocycles. The minimum absolute atomic E-state index is 0.0541. The Kier molecular flexibility index (Phi) is 5.37. The van der Waals surface area contributed by atoms with Crippen molar-refractivity contribution in [3.8, 4) is 0 Å². The number of nitrogens with one attached hydrogen (secondary N) is 2. The molecule has 0 fully saturated rings. The molecule has 1 amide bonds. The van der Waals surface area contributed by atoms with E-state index in [0.29, 0.717) is 23.8 Å². The highest BCUT2D eigenvalue weighted by molar-refractivity contribution is 7.98. The highest BCUT2D eigenvalue weighted by Crippen LogP contribution is 2.33. The molecule has 0 saturated heterocycles. The first-order valence-corrected chi connectivity index (χ1v) is 9.69. The molecule has 0 aliphatic carbocycles. The van der Waals surface area contributed by atoms with Gasteiger partial charge in [-0.05, 0) is 30.9 Å². The normalized spacial score (nSPS) is 10.9. The van der Waals surface area contributed by atoms with Crippen LogP contribution in [0.1, 0.15) is 21.0 Å². The van der Waals surface area contributed by atoms with Crippen LogP contribution >= 0.6 is 23.1 Å². The van der Waals surface area contributed by atoms with E-state index in [9.17, 15) is 4.79 Å². The van der Waals surface area contributed by atoms with Crippen LogP contribution in [0.3, 0.4) is 0 Å². The van der Waals surface area contributed by atoms with Crippen molar-refractivity contribution in [2.45, 2.75) is 13.5 Å². The van der Waals surface area contributed by atoms with Crippen LogP contribution in [0.4, 0.5) is 5.82 Å². The van der Waals surface area contributed by atoms with Gasteiger partial charge in [0.15, 0.2) is 0 Å². The van der Waals surface area contributed by atoms with Crippen LogP contribution in [0.2, 0.25) is 0 Å². The molecule has 3 rings (SSSR count). The van der Waals surface area contributed by atoms with Gasteiger partial charge in [0, 0.05) is 12.3 Å². The molecule has 0 radical (unpaired) electrons. The fourth-order valence-electron chi connectivity index (χ4n) is 2.35. The number of amides is 1. The number of carbonyl (C=O) groups is 1. The number of aromatic nitrogens is 2. The Morgan fingerprint density at radius 1 is 1.42 bits per heavy atom. The van der Waals surface area contributed by atoms with Crippen molar-refractivity contribution >= 4 is 45.0 Å². The molecule has 0 aliphatic heterocycles. The van der Waals surface area contributed by atoms with E-state index in [1.165, 1.54) is 17.7 Å². The quantitative estimate of drug-likeness (QED) is 0.628. The monoisotopic (exact) mass is 362 g/mol. The van der Waals surface area contributed by atoms with Crippen molar-refractivity contribution in [3.05, 3.63) is 40.9 Å². The van der Waals surface area contributed by atoms with E-state index < -0.39 is 0 Å². The Morgan fingerprint density at radius 2 is 2.29 bits per heavy atom. The first kappa shape index (κ1) is 16.8. The zero-order valence-corrected chi connectivity index (χ0v) is 15.1. The minimum Gasteiger partial charge on any atom is -0.467 e. The fraction of sp³-hybridized carbons (Fsp3) is 0.312. The van der Waals surface area contributed by atoms with Gasteiger partial charge in [-0.15, -0.1) is 11.3 Å². The van der Waals surface area contributed by atoms with Gasteiger partial charge in [0.1, 0.15) is 22.7 Å². The molecule has 8 heteroatoms. The van der Waals surface area contributed by atoms with E-state index in [-0.39, 0.29) is 5.91 Å². The Balaban J connectivity index is 1.84. The number of thiophene rings is 1. The molecule has 0 saturated carbocycles. The van der Waals surface area contributed by atoms with E-state index in [1.807, 2.05) is 25.3 Å². The van der Waals surface area contributed by atoms with E-state index in [2.05, 4.69) is 20.6 Å². The summed E-state index contributed by atoms with van der Waals surface area (Å²) in [6, 6.07) is 3.75. The largest absolute Gasteiger partial charge is 0.467 e. The first-order chi connectivity index (χ1) is 11.7. The first-order valence-electron chi connectivity index (χ1n) is 7.48. The fourth-order valence-corrected chi connectivity index (χ4v) is 3.72. The van der Waals surface area contributed by atoms with Gasteiger partial charge >= 0.3 is 0 Å². The average molecular weight is 362 g/mol. The summed E-state index contributed by atoms with van der Waals surface area (Å²) in [7, 11) is 0. The molecule has 0 bridgehead atoms. The van der Waals surface area contributed by atoms with E-state index in [4.69, 9.17) is 4.42 Å². The molecule has 0 unspecified atom stereocenters. The zero-order chi connectivity index (χ0) is 16.9. The van der Waals surface area contributed by atoms with E-state index in [1.54, 1.807) is 18.0 Å². The van der Waals surface area contributed by atoms with Crippen LogP contribution in [-0.4, -0.2) is 34.4 Å². The molecular formula is C16H18N4O2S2. The van der Waals surface area contributed by atoms with Crippen LogP contribution < -0.4 is 10.6 Å². The molecule has 24 heavy (non-hydrogen) atoms. The summed E-state index contributed by atoms with van der Waals surface area (Å²) in [5, 5.41) is 7.10. The van der Waals surface area contributed by atoms with Crippen LogP contribution in [0.15, 0.2) is 29.1 Å². The van der Waals surface area contributed by atoms with Gasteiger partial charge < -0.3 is 15.1 Å². The lowest BCUT2D eigenvalue weighted by Crippen LogP contribution is -2.25. The van der Waals surface area contributed by atoms with E-state index in [0.717, 1.165) is 27.3 Å². The number of nitrogens with zero attached hydrogens (tertiary/aromatic N) is 2. The molecule has 3 aromatic rings. The number of rotatable bonds is 7. The number of hydrogen-bond acceptors (Lipinski definition) is 7. The zero-order valence-electron chi connectivity index (χ0n) is 13.5. The maximum Gasteiger partial charge on any atom is 0.261 e. The van der Waals surface area contributed by atoms with Crippen molar-refractivity contribution < 1.29 is 9.21 Å². The Labute approximate surface area is 148 Å². The molecule has 0 spiro atoms. The third-order valence-corrected chi connectivity index (χ3v) is 5.35. The Morgan fingerprint density at radius 3 is 3.04 bits per heavy atom. The van der Waals surface area contributed by atoms with Crippen molar-refractivity contribution in [1.29, 1.82) is 0 Å². The number of thioether (sulfide) groups is 1. The molecule has 0 atom stereocenters. The average Bonchev–Trinajstić information content (AvgIpc) is 3.21. The number of hydrogen-bond donors (Lipinski definition) is 2. The summed E-state index contributed by atoms with van der Waals surface area (Å²) < 4.78 is 5.33. The number of aryl methyl sites for hydroxylation is 1.